The molecule has 0 saturated carbocycles. The first-order valence-electron chi connectivity index (χ1n) is 4.64. The van der Waals surface area contributed by atoms with Crippen LogP contribution in [0, 0.1) is 0 Å². The summed E-state index contributed by atoms with van der Waals surface area (Å²) in [6.07, 6.45) is 0. The third-order valence-corrected chi connectivity index (χ3v) is 2.06. The molecule has 2 aromatic rings. The summed E-state index contributed by atoms with van der Waals surface area (Å²) < 4.78 is 0. The number of nitrogens with zero attached hydrogens (tertiary/aromatic N) is 2. The summed E-state index contributed by atoms with van der Waals surface area (Å²) in [6.45, 7) is 0. The lowest BCUT2D eigenvalue weighted by molar-refractivity contribution is 1.01. The number of azo groups is 1. The van der Waals surface area contributed by atoms with Crippen LogP contribution >= 0.6 is 11.6 Å². The average Bonchev–Trinajstić information content (AvgIpc) is 2.25. The number of hydrogen-bond donors (Lipinski definition) is 2. The fraction of sp³-hybridized carbons (Fsp3) is 0. The Morgan fingerprint density at radius 2 is 1.88 bits per heavy atom. The molecule has 0 aliphatic rings. The van der Waals surface area contributed by atoms with Crippen LogP contribution < -0.4 is 11.2 Å². The molecule has 0 atom stereocenters. The number of hydrogen-bond acceptors (Lipinski definition) is 4. The minimum absolute atomic E-state index is 0.0822. The highest BCUT2D eigenvalue weighted by molar-refractivity contribution is 6.30. The highest BCUT2D eigenvalue weighted by atomic mass is 35.5. The molecule has 2 N–H and O–H groups in total. The quantitative estimate of drug-likeness (QED) is 0.800. The maximum absolute atomic E-state index is 11.0. The van der Waals surface area contributed by atoms with Gasteiger partial charge in [0.1, 0.15) is 0 Å². The number of rotatable bonds is 2. The Balaban J connectivity index is 2.32. The molecule has 0 aliphatic carbocycles. The van der Waals surface area contributed by atoms with Gasteiger partial charge in [-0.3, -0.25) is 14.8 Å². The van der Waals surface area contributed by atoms with Gasteiger partial charge in [0.05, 0.1) is 5.69 Å². The number of aromatic amines is 2. The molecule has 17 heavy (non-hydrogen) atoms. The summed E-state index contributed by atoms with van der Waals surface area (Å²) in [5.74, 6) is 0.0822. The van der Waals surface area contributed by atoms with E-state index in [1.165, 1.54) is 0 Å². The lowest BCUT2D eigenvalue weighted by Crippen LogP contribution is -2.20. The normalized spacial score (nSPS) is 10.9. The van der Waals surface area contributed by atoms with Crippen LogP contribution in [0.1, 0.15) is 0 Å². The van der Waals surface area contributed by atoms with E-state index in [4.69, 9.17) is 11.6 Å². The lowest BCUT2D eigenvalue weighted by atomic mass is 10.3. The van der Waals surface area contributed by atoms with E-state index in [0.717, 1.165) is 6.07 Å². The second-order valence-electron chi connectivity index (χ2n) is 3.15. The molecule has 0 spiro atoms. The van der Waals surface area contributed by atoms with E-state index in [0.29, 0.717) is 10.7 Å². The Labute approximate surface area is 100 Å². The second-order valence-corrected chi connectivity index (χ2v) is 3.59. The summed E-state index contributed by atoms with van der Waals surface area (Å²) in [4.78, 5) is 26.3. The van der Waals surface area contributed by atoms with E-state index >= 15 is 0 Å². The molecule has 86 valence electrons. The van der Waals surface area contributed by atoms with E-state index in [-0.39, 0.29) is 5.82 Å². The average molecular weight is 251 g/mol. The van der Waals surface area contributed by atoms with Gasteiger partial charge in [0.2, 0.25) is 0 Å². The van der Waals surface area contributed by atoms with Crippen LogP contribution in [0.15, 0.2) is 50.1 Å². The monoisotopic (exact) mass is 250 g/mol. The molecule has 0 amide bonds. The Bertz CT molecular complexity index is 646. The standard InChI is InChI=1S/C10H7ClN4O2/c11-6-2-1-3-7(4-6)14-15-8-5-9(16)13-10(17)12-8/h1-5H,(H2,12,13,16,17). The van der Waals surface area contributed by atoms with Gasteiger partial charge in [-0.15, -0.1) is 10.2 Å². The van der Waals surface area contributed by atoms with Gasteiger partial charge in [0.15, 0.2) is 5.82 Å². The molecule has 0 bridgehead atoms. The summed E-state index contributed by atoms with van der Waals surface area (Å²) >= 11 is 5.76. The number of halogens is 1. The van der Waals surface area contributed by atoms with Crippen LogP contribution in [0.5, 0.6) is 0 Å². The molecule has 1 aromatic carbocycles. The number of H-pyrrole nitrogens is 2. The lowest BCUT2D eigenvalue weighted by Gasteiger charge is -1.93. The molecular weight excluding hydrogens is 244 g/mol. The number of aromatic nitrogens is 2. The molecular formula is C10H7ClN4O2. The zero-order valence-electron chi connectivity index (χ0n) is 8.48. The highest BCUT2D eigenvalue weighted by Crippen LogP contribution is 2.19. The molecule has 0 aliphatic heterocycles. The van der Waals surface area contributed by atoms with Crippen molar-refractivity contribution in [3.63, 3.8) is 0 Å². The molecule has 2 rings (SSSR count). The van der Waals surface area contributed by atoms with Gasteiger partial charge in [-0.25, -0.2) is 4.79 Å². The van der Waals surface area contributed by atoms with Gasteiger partial charge in [-0.2, -0.15) is 0 Å². The highest BCUT2D eigenvalue weighted by Gasteiger charge is 1.95. The van der Waals surface area contributed by atoms with Crippen molar-refractivity contribution >= 4 is 23.1 Å². The van der Waals surface area contributed by atoms with Crippen molar-refractivity contribution in [1.82, 2.24) is 9.97 Å². The summed E-state index contributed by atoms with van der Waals surface area (Å²) in [7, 11) is 0. The zero-order chi connectivity index (χ0) is 12.3. The van der Waals surface area contributed by atoms with Crippen molar-refractivity contribution in [2.45, 2.75) is 0 Å². The predicted molar refractivity (Wildman–Crippen MR) is 63.3 cm³/mol. The summed E-state index contributed by atoms with van der Waals surface area (Å²) in [5, 5.41) is 8.10. The maximum Gasteiger partial charge on any atom is 0.327 e. The Hall–Kier alpha value is -2.21. The Kier molecular flexibility index (Phi) is 3.15. The van der Waals surface area contributed by atoms with Gasteiger partial charge in [0, 0.05) is 11.1 Å². The fourth-order valence-corrected chi connectivity index (χ4v) is 1.34. The van der Waals surface area contributed by atoms with Crippen LogP contribution in [0.4, 0.5) is 11.5 Å². The molecule has 0 radical (unpaired) electrons. The van der Waals surface area contributed by atoms with Crippen molar-refractivity contribution in [2.24, 2.45) is 10.2 Å². The number of nitrogens with one attached hydrogen (secondary N) is 2. The molecule has 7 heteroatoms. The maximum atomic E-state index is 11.0. The Morgan fingerprint density at radius 3 is 2.59 bits per heavy atom. The predicted octanol–water partition coefficient (Wildman–Crippen LogP) is 2.13. The second kappa shape index (κ2) is 4.75. The Morgan fingerprint density at radius 1 is 1.06 bits per heavy atom. The molecule has 0 unspecified atom stereocenters. The van der Waals surface area contributed by atoms with Crippen molar-refractivity contribution in [3.05, 3.63) is 56.2 Å². The molecule has 1 heterocycles. The zero-order valence-corrected chi connectivity index (χ0v) is 9.23. The molecule has 6 nitrogen and oxygen atoms in total. The van der Waals surface area contributed by atoms with E-state index in [1.54, 1.807) is 24.3 Å². The van der Waals surface area contributed by atoms with Gasteiger partial charge in [0.25, 0.3) is 5.56 Å². The van der Waals surface area contributed by atoms with Crippen molar-refractivity contribution in [3.8, 4) is 0 Å². The van der Waals surface area contributed by atoms with Gasteiger partial charge in [-0.05, 0) is 18.2 Å². The minimum atomic E-state index is -0.627. The van der Waals surface area contributed by atoms with Crippen molar-refractivity contribution in [1.29, 1.82) is 0 Å². The summed E-state index contributed by atoms with van der Waals surface area (Å²) in [6, 6.07) is 7.86. The first-order valence-corrected chi connectivity index (χ1v) is 5.02. The van der Waals surface area contributed by atoms with Crippen LogP contribution in [0.2, 0.25) is 5.02 Å². The SMILES string of the molecule is O=c1cc(N=Nc2cccc(Cl)c2)[nH]c(=O)[nH]1. The third kappa shape index (κ3) is 3.12. The summed E-state index contributed by atoms with van der Waals surface area (Å²) in [5.41, 5.74) is -0.634. The number of benzene rings is 1. The van der Waals surface area contributed by atoms with Gasteiger partial charge in [-0.1, -0.05) is 17.7 Å². The minimum Gasteiger partial charge on any atom is -0.290 e. The van der Waals surface area contributed by atoms with Crippen LogP contribution in [-0.2, 0) is 0 Å². The largest absolute Gasteiger partial charge is 0.327 e. The van der Waals surface area contributed by atoms with E-state index < -0.39 is 11.2 Å². The van der Waals surface area contributed by atoms with Gasteiger partial charge < -0.3 is 0 Å². The smallest absolute Gasteiger partial charge is 0.290 e. The fourth-order valence-electron chi connectivity index (χ4n) is 1.16. The van der Waals surface area contributed by atoms with Gasteiger partial charge >= 0.3 is 5.69 Å². The first kappa shape index (κ1) is 11.3. The van der Waals surface area contributed by atoms with Crippen LogP contribution in [0.25, 0.3) is 0 Å². The van der Waals surface area contributed by atoms with E-state index in [9.17, 15) is 9.59 Å². The van der Waals surface area contributed by atoms with Crippen molar-refractivity contribution in [2.75, 3.05) is 0 Å². The topological polar surface area (TPSA) is 90.4 Å². The van der Waals surface area contributed by atoms with E-state index in [1.807, 2.05) is 4.98 Å². The molecule has 1 aromatic heterocycles. The molecule has 0 saturated heterocycles. The first-order chi connectivity index (χ1) is 8.13. The van der Waals surface area contributed by atoms with Crippen LogP contribution in [0.3, 0.4) is 0 Å². The third-order valence-electron chi connectivity index (χ3n) is 1.83. The molecule has 0 fully saturated rings. The van der Waals surface area contributed by atoms with Crippen molar-refractivity contribution < 1.29 is 0 Å². The van der Waals surface area contributed by atoms with Crippen LogP contribution in [-0.4, -0.2) is 9.97 Å². The van der Waals surface area contributed by atoms with E-state index in [2.05, 4.69) is 15.2 Å².